The monoisotopic (exact) mass is 416 g/mol. The number of benzene rings is 1. The Hall–Kier alpha value is -2.72. The molecule has 154 valence electrons. The van der Waals surface area contributed by atoms with Gasteiger partial charge in [-0.25, -0.2) is 14.9 Å². The van der Waals surface area contributed by atoms with E-state index >= 15 is 0 Å². The Morgan fingerprint density at radius 3 is 2.55 bits per heavy atom. The summed E-state index contributed by atoms with van der Waals surface area (Å²) in [6.45, 7) is 2.71. The van der Waals surface area contributed by atoms with Gasteiger partial charge in [-0.05, 0) is 5.56 Å². The molecule has 1 amide bonds. The highest BCUT2D eigenvalue weighted by Crippen LogP contribution is 2.12. The highest BCUT2D eigenvalue weighted by atomic mass is 32.2. The first-order valence-electron chi connectivity index (χ1n) is 9.31. The molecule has 1 fully saturated rings. The normalized spacial score (nSPS) is 14.6. The van der Waals surface area contributed by atoms with E-state index in [1.54, 1.807) is 0 Å². The van der Waals surface area contributed by atoms with Crippen LogP contribution in [0.4, 0.5) is 0 Å². The van der Waals surface area contributed by atoms with Gasteiger partial charge in [0.2, 0.25) is 5.91 Å². The number of nitrogens with zero attached hydrogens (tertiary/aromatic N) is 5. The van der Waals surface area contributed by atoms with Crippen LogP contribution in [-0.4, -0.2) is 49.7 Å². The maximum absolute atomic E-state index is 12.1. The molecule has 3 rings (SSSR count). The fraction of sp³-hybridized carbons (Fsp3) is 0.421. The first-order valence-corrected chi connectivity index (χ1v) is 10.3. The molecule has 1 aromatic carbocycles. The van der Waals surface area contributed by atoms with E-state index in [1.807, 2.05) is 18.2 Å². The Morgan fingerprint density at radius 1 is 1.17 bits per heavy atom. The van der Waals surface area contributed by atoms with Crippen LogP contribution in [0.1, 0.15) is 18.4 Å². The molecular weight excluding hydrogens is 392 g/mol. The van der Waals surface area contributed by atoms with Gasteiger partial charge < -0.3 is 0 Å². The number of hydrogen-bond acceptors (Lipinski definition) is 7. The van der Waals surface area contributed by atoms with Crippen molar-refractivity contribution in [3.05, 3.63) is 56.7 Å². The molecule has 0 atom stereocenters. The molecule has 9 nitrogen and oxygen atoms in total. The van der Waals surface area contributed by atoms with Gasteiger partial charge in [0.15, 0.2) is 5.03 Å². The highest BCUT2D eigenvalue weighted by Gasteiger charge is 2.16. The highest BCUT2D eigenvalue weighted by molar-refractivity contribution is 7.99. The number of thioether (sulfide) groups is 1. The lowest BCUT2D eigenvalue weighted by Gasteiger charge is -2.27. The second kappa shape index (κ2) is 9.66. The predicted octanol–water partition coefficient (Wildman–Crippen LogP) is 0.339. The zero-order chi connectivity index (χ0) is 20.8. The predicted molar refractivity (Wildman–Crippen MR) is 112 cm³/mol. The summed E-state index contributed by atoms with van der Waals surface area (Å²) in [6, 6.07) is 10.3. The van der Waals surface area contributed by atoms with E-state index in [1.165, 1.54) is 19.7 Å². The molecular formula is C19H24N6O3S. The lowest BCUT2D eigenvalue weighted by atomic mass is 10.1. The average Bonchev–Trinajstić information content (AvgIpc) is 2.74. The molecule has 1 saturated heterocycles. The molecule has 1 aliphatic heterocycles. The number of likely N-dealkylation sites (tertiary alicyclic amines) is 1. The number of piperidine rings is 1. The number of hydrazone groups is 1. The van der Waals surface area contributed by atoms with Gasteiger partial charge >= 0.3 is 5.69 Å². The van der Waals surface area contributed by atoms with Gasteiger partial charge in [-0.15, -0.1) is 0 Å². The van der Waals surface area contributed by atoms with Crippen molar-refractivity contribution in [3.63, 3.8) is 0 Å². The van der Waals surface area contributed by atoms with Gasteiger partial charge in [0.05, 0.1) is 5.75 Å². The summed E-state index contributed by atoms with van der Waals surface area (Å²) in [5.74, 6) is -0.316. The molecule has 1 aromatic heterocycles. The molecule has 0 bridgehead atoms. The van der Waals surface area contributed by atoms with Gasteiger partial charge in [-0.2, -0.15) is 10.2 Å². The van der Waals surface area contributed by atoms with Crippen molar-refractivity contribution >= 4 is 23.4 Å². The van der Waals surface area contributed by atoms with Crippen LogP contribution in [0.15, 0.2) is 50.0 Å². The van der Waals surface area contributed by atoms with Crippen LogP contribution >= 0.6 is 11.8 Å². The standard InChI is InChI=1S/C19H24N6O3S/c1-23-18(27)17(22-24(2)19(23)28)29-13-16(26)21-20-15-8-10-25(11-9-15)12-14-6-4-3-5-7-14/h3-7H,8-13H2,1-2H3,(H,21,26). The summed E-state index contributed by atoms with van der Waals surface area (Å²) in [4.78, 5) is 38.1. The summed E-state index contributed by atoms with van der Waals surface area (Å²) >= 11 is 0.987. The fourth-order valence-electron chi connectivity index (χ4n) is 2.99. The summed E-state index contributed by atoms with van der Waals surface area (Å²) < 4.78 is 2.04. The van der Waals surface area contributed by atoms with Crippen molar-refractivity contribution in [1.29, 1.82) is 0 Å². The van der Waals surface area contributed by atoms with E-state index in [-0.39, 0.29) is 16.7 Å². The Kier molecular flexibility index (Phi) is 6.99. The molecule has 2 heterocycles. The van der Waals surface area contributed by atoms with Gasteiger partial charge in [0.1, 0.15) is 0 Å². The Bertz CT molecular complexity index is 1000. The number of amides is 1. The minimum Gasteiger partial charge on any atom is -0.298 e. The molecule has 2 aromatic rings. The summed E-state index contributed by atoms with van der Waals surface area (Å²) in [7, 11) is 2.84. The third-order valence-corrected chi connectivity index (χ3v) is 5.59. The third-order valence-electron chi connectivity index (χ3n) is 4.65. The molecule has 0 aliphatic carbocycles. The largest absolute Gasteiger partial charge is 0.346 e. The Labute approximate surface area is 172 Å². The van der Waals surface area contributed by atoms with E-state index in [2.05, 4.69) is 32.7 Å². The number of aryl methyl sites for hydroxylation is 1. The number of aromatic nitrogens is 3. The minimum atomic E-state index is -0.511. The average molecular weight is 417 g/mol. The Balaban J connectivity index is 1.46. The first-order chi connectivity index (χ1) is 13.9. The van der Waals surface area contributed by atoms with Gasteiger partial charge in [-0.3, -0.25) is 19.1 Å². The van der Waals surface area contributed by atoms with Gasteiger partial charge in [0.25, 0.3) is 5.56 Å². The maximum Gasteiger partial charge on any atom is 0.346 e. The van der Waals surface area contributed by atoms with Gasteiger partial charge in [0, 0.05) is 52.3 Å². The number of carbonyl (C=O) groups excluding carboxylic acids is 1. The van der Waals surface area contributed by atoms with Crippen molar-refractivity contribution in [2.75, 3.05) is 18.8 Å². The third kappa shape index (κ3) is 5.64. The number of rotatable bonds is 6. The second-order valence-corrected chi connectivity index (χ2v) is 7.80. The van der Waals surface area contributed by atoms with E-state index in [0.29, 0.717) is 0 Å². The van der Waals surface area contributed by atoms with Crippen LogP contribution in [0.5, 0.6) is 0 Å². The molecule has 1 aliphatic rings. The number of carbonyl (C=O) groups is 1. The summed E-state index contributed by atoms with van der Waals surface area (Å²) in [5.41, 5.74) is 3.79. The fourth-order valence-corrected chi connectivity index (χ4v) is 3.76. The van der Waals surface area contributed by atoms with Crippen molar-refractivity contribution in [1.82, 2.24) is 24.7 Å². The van der Waals surface area contributed by atoms with Crippen LogP contribution in [0, 0.1) is 0 Å². The van der Waals surface area contributed by atoms with E-state index in [9.17, 15) is 14.4 Å². The van der Waals surface area contributed by atoms with Crippen LogP contribution in [0.3, 0.4) is 0 Å². The Morgan fingerprint density at radius 2 is 1.86 bits per heavy atom. The molecule has 10 heteroatoms. The topological polar surface area (TPSA) is 102 Å². The quantitative estimate of drug-likeness (QED) is 0.538. The van der Waals surface area contributed by atoms with E-state index in [0.717, 1.165) is 59.2 Å². The number of nitrogens with one attached hydrogen (secondary N) is 1. The smallest absolute Gasteiger partial charge is 0.298 e. The lowest BCUT2D eigenvalue weighted by Crippen LogP contribution is -2.39. The molecule has 0 saturated carbocycles. The molecule has 29 heavy (non-hydrogen) atoms. The van der Waals surface area contributed by atoms with Crippen LogP contribution in [0.25, 0.3) is 0 Å². The molecule has 0 spiro atoms. The van der Waals surface area contributed by atoms with Crippen LogP contribution in [0.2, 0.25) is 0 Å². The summed E-state index contributed by atoms with van der Waals surface area (Å²) in [5, 5.41) is 8.24. The zero-order valence-corrected chi connectivity index (χ0v) is 17.3. The van der Waals surface area contributed by atoms with E-state index in [4.69, 9.17) is 0 Å². The SMILES string of the molecule is Cn1nc(SCC(=O)NN=C2CCN(Cc3ccccc3)CC2)c(=O)n(C)c1=O. The summed E-state index contributed by atoms with van der Waals surface area (Å²) in [6.07, 6.45) is 1.62. The first kappa shape index (κ1) is 21.0. The molecule has 0 radical (unpaired) electrons. The number of hydrogen-bond donors (Lipinski definition) is 1. The van der Waals surface area contributed by atoms with Crippen LogP contribution < -0.4 is 16.7 Å². The maximum atomic E-state index is 12.1. The molecule has 0 unspecified atom stereocenters. The van der Waals surface area contributed by atoms with Gasteiger partial charge in [-0.1, -0.05) is 42.1 Å². The van der Waals surface area contributed by atoms with Crippen molar-refractivity contribution in [3.8, 4) is 0 Å². The molecule has 1 N–H and O–H groups in total. The van der Waals surface area contributed by atoms with E-state index < -0.39 is 11.2 Å². The zero-order valence-electron chi connectivity index (χ0n) is 16.5. The minimum absolute atomic E-state index is 0.00262. The van der Waals surface area contributed by atoms with Crippen molar-refractivity contribution < 1.29 is 4.79 Å². The lowest BCUT2D eigenvalue weighted by molar-refractivity contribution is -0.118. The van der Waals surface area contributed by atoms with Crippen molar-refractivity contribution in [2.24, 2.45) is 19.2 Å². The van der Waals surface area contributed by atoms with Crippen molar-refractivity contribution in [2.45, 2.75) is 24.4 Å². The van der Waals surface area contributed by atoms with Crippen LogP contribution in [-0.2, 0) is 25.4 Å². The second-order valence-electron chi connectivity index (χ2n) is 6.84.